The van der Waals surface area contributed by atoms with Crippen molar-refractivity contribution in [3.05, 3.63) is 24.3 Å². The number of carbonyl (C=O) groups is 1. The zero-order chi connectivity index (χ0) is 16.2. The summed E-state index contributed by atoms with van der Waals surface area (Å²) in [4.78, 5) is 14.4. The zero-order valence-corrected chi connectivity index (χ0v) is 15.0. The molecule has 1 aliphatic heterocycles. The van der Waals surface area contributed by atoms with Gasteiger partial charge in [-0.2, -0.15) is 0 Å². The number of methoxy groups -OCH3 is 1. The number of nitrogens with zero attached hydrogens (tertiary/aromatic N) is 1. The molecule has 0 radical (unpaired) electrons. The van der Waals surface area contributed by atoms with Crippen LogP contribution in [0.15, 0.2) is 24.3 Å². The number of likely N-dealkylation sites (tertiary alicyclic amines) is 1. The summed E-state index contributed by atoms with van der Waals surface area (Å²) in [6, 6.07) is 7.62. The number of hydrogen-bond donors (Lipinski definition) is 2. The number of hydrogen-bond acceptors (Lipinski definition) is 4. The number of nitrogens with one attached hydrogen (secondary N) is 1. The minimum atomic E-state index is 0. The van der Waals surface area contributed by atoms with Crippen molar-refractivity contribution in [2.75, 3.05) is 32.1 Å². The van der Waals surface area contributed by atoms with Crippen molar-refractivity contribution < 1.29 is 9.53 Å². The molecule has 0 bridgehead atoms. The summed E-state index contributed by atoms with van der Waals surface area (Å²) >= 11 is 0. The number of ether oxygens (including phenoxy) is 1. The standard InChI is InChI=1S/C17H27N3O2.ClH/c1-17(2)12-20(10-8-15(17)18)11-9-16(21)19-13-4-6-14(22-3)7-5-13;/h4-7,15H,8-12,18H2,1-3H3,(H,19,21);1H. The largest absolute Gasteiger partial charge is 0.497 e. The number of nitrogens with two attached hydrogens (primary N) is 1. The smallest absolute Gasteiger partial charge is 0.225 e. The lowest BCUT2D eigenvalue weighted by Crippen LogP contribution is -2.52. The number of carbonyl (C=O) groups excluding carboxylic acids is 1. The van der Waals surface area contributed by atoms with E-state index in [9.17, 15) is 4.79 Å². The third-order valence-electron chi connectivity index (χ3n) is 4.42. The fourth-order valence-electron chi connectivity index (χ4n) is 2.83. The maximum atomic E-state index is 12.0. The summed E-state index contributed by atoms with van der Waals surface area (Å²) in [7, 11) is 1.62. The molecular formula is C17H28ClN3O2. The van der Waals surface area contributed by atoms with Crippen LogP contribution in [0, 0.1) is 5.41 Å². The molecule has 1 aromatic carbocycles. The van der Waals surface area contributed by atoms with Crippen LogP contribution in [0.1, 0.15) is 26.7 Å². The van der Waals surface area contributed by atoms with Gasteiger partial charge < -0.3 is 20.7 Å². The number of anilines is 1. The molecular weight excluding hydrogens is 314 g/mol. The lowest BCUT2D eigenvalue weighted by Gasteiger charge is -2.42. The van der Waals surface area contributed by atoms with Gasteiger partial charge in [0.2, 0.25) is 5.91 Å². The summed E-state index contributed by atoms with van der Waals surface area (Å²) < 4.78 is 5.10. The van der Waals surface area contributed by atoms with Crippen molar-refractivity contribution in [1.82, 2.24) is 4.90 Å². The molecule has 23 heavy (non-hydrogen) atoms. The number of halogens is 1. The molecule has 1 aliphatic rings. The van der Waals surface area contributed by atoms with Crippen LogP contribution >= 0.6 is 12.4 Å². The Hall–Kier alpha value is -1.30. The Morgan fingerprint density at radius 1 is 1.39 bits per heavy atom. The van der Waals surface area contributed by atoms with Gasteiger partial charge in [-0.15, -0.1) is 12.4 Å². The van der Waals surface area contributed by atoms with Gasteiger partial charge in [-0.1, -0.05) is 13.8 Å². The van der Waals surface area contributed by atoms with E-state index in [1.165, 1.54) is 0 Å². The Bertz CT molecular complexity index is 505. The maximum absolute atomic E-state index is 12.0. The number of piperidine rings is 1. The van der Waals surface area contributed by atoms with Gasteiger partial charge in [0.05, 0.1) is 7.11 Å². The van der Waals surface area contributed by atoms with Crippen LogP contribution in [0.2, 0.25) is 0 Å². The van der Waals surface area contributed by atoms with E-state index in [0.29, 0.717) is 6.42 Å². The van der Waals surface area contributed by atoms with Crippen molar-refractivity contribution in [3.63, 3.8) is 0 Å². The van der Waals surface area contributed by atoms with Gasteiger partial charge in [0, 0.05) is 31.2 Å². The van der Waals surface area contributed by atoms with Crippen molar-refractivity contribution in [3.8, 4) is 5.75 Å². The topological polar surface area (TPSA) is 67.6 Å². The highest BCUT2D eigenvalue weighted by molar-refractivity contribution is 5.90. The predicted molar refractivity (Wildman–Crippen MR) is 96.3 cm³/mol. The molecule has 0 saturated carbocycles. The molecule has 1 fully saturated rings. The minimum absolute atomic E-state index is 0. The molecule has 6 heteroatoms. The van der Waals surface area contributed by atoms with Crippen LogP contribution in [0.5, 0.6) is 5.75 Å². The first-order valence-corrected chi connectivity index (χ1v) is 7.82. The van der Waals surface area contributed by atoms with Gasteiger partial charge in [0.25, 0.3) is 0 Å². The second kappa shape index (κ2) is 8.52. The first-order valence-electron chi connectivity index (χ1n) is 7.82. The van der Waals surface area contributed by atoms with Crippen LogP contribution in [0.25, 0.3) is 0 Å². The quantitative estimate of drug-likeness (QED) is 0.863. The molecule has 5 nitrogen and oxygen atoms in total. The summed E-state index contributed by atoms with van der Waals surface area (Å²) in [5, 5.41) is 2.92. The van der Waals surface area contributed by atoms with E-state index in [-0.39, 0.29) is 29.8 Å². The van der Waals surface area contributed by atoms with Crippen LogP contribution < -0.4 is 15.8 Å². The van der Waals surface area contributed by atoms with E-state index >= 15 is 0 Å². The van der Waals surface area contributed by atoms with Gasteiger partial charge in [-0.3, -0.25) is 4.79 Å². The molecule has 1 saturated heterocycles. The Morgan fingerprint density at radius 3 is 2.61 bits per heavy atom. The summed E-state index contributed by atoms with van der Waals surface area (Å²) in [6.07, 6.45) is 1.49. The molecule has 130 valence electrons. The number of rotatable bonds is 5. The van der Waals surface area contributed by atoms with E-state index in [2.05, 4.69) is 24.1 Å². The highest BCUT2D eigenvalue weighted by atomic mass is 35.5. The van der Waals surface area contributed by atoms with Gasteiger partial charge in [0.15, 0.2) is 0 Å². The van der Waals surface area contributed by atoms with Crippen molar-refractivity contribution in [2.24, 2.45) is 11.1 Å². The first kappa shape index (κ1) is 19.7. The van der Waals surface area contributed by atoms with Crippen LogP contribution in [0.4, 0.5) is 5.69 Å². The summed E-state index contributed by atoms with van der Waals surface area (Å²) in [5.74, 6) is 0.822. The number of benzene rings is 1. The van der Waals surface area contributed by atoms with Crippen molar-refractivity contribution in [2.45, 2.75) is 32.7 Å². The molecule has 1 aromatic rings. The zero-order valence-electron chi connectivity index (χ0n) is 14.2. The van der Waals surface area contributed by atoms with E-state index in [1.54, 1.807) is 7.11 Å². The second-order valence-electron chi connectivity index (χ2n) is 6.69. The molecule has 1 atom stereocenters. The molecule has 1 unspecified atom stereocenters. The molecule has 2 rings (SSSR count). The minimum Gasteiger partial charge on any atom is -0.497 e. The third-order valence-corrected chi connectivity index (χ3v) is 4.42. The van der Waals surface area contributed by atoms with E-state index in [0.717, 1.165) is 37.5 Å². The van der Waals surface area contributed by atoms with Crippen LogP contribution in [-0.4, -0.2) is 43.6 Å². The Morgan fingerprint density at radius 2 is 2.04 bits per heavy atom. The molecule has 0 aromatic heterocycles. The lowest BCUT2D eigenvalue weighted by molar-refractivity contribution is -0.116. The molecule has 0 aliphatic carbocycles. The van der Waals surface area contributed by atoms with E-state index in [4.69, 9.17) is 10.5 Å². The fraction of sp³-hybridized carbons (Fsp3) is 0.588. The first-order chi connectivity index (χ1) is 10.4. The van der Waals surface area contributed by atoms with E-state index in [1.807, 2.05) is 24.3 Å². The third kappa shape index (κ3) is 5.68. The molecule has 0 spiro atoms. The molecule has 1 amide bonds. The SMILES string of the molecule is COc1ccc(NC(=O)CCN2CCC(N)C(C)(C)C2)cc1.Cl. The highest BCUT2D eigenvalue weighted by Crippen LogP contribution is 2.27. The normalized spacial score (nSPS) is 20.4. The monoisotopic (exact) mass is 341 g/mol. The van der Waals surface area contributed by atoms with Crippen LogP contribution in [0.3, 0.4) is 0 Å². The molecule has 1 heterocycles. The van der Waals surface area contributed by atoms with Crippen molar-refractivity contribution >= 4 is 24.0 Å². The van der Waals surface area contributed by atoms with Crippen molar-refractivity contribution in [1.29, 1.82) is 0 Å². The fourth-order valence-corrected chi connectivity index (χ4v) is 2.83. The molecule has 3 N–H and O–H groups in total. The predicted octanol–water partition coefficient (Wildman–Crippen LogP) is 2.50. The Balaban J connectivity index is 0.00000264. The maximum Gasteiger partial charge on any atom is 0.225 e. The average Bonchev–Trinajstić information content (AvgIpc) is 2.49. The Labute approximate surface area is 145 Å². The highest BCUT2D eigenvalue weighted by Gasteiger charge is 2.33. The lowest BCUT2D eigenvalue weighted by atomic mass is 9.80. The average molecular weight is 342 g/mol. The van der Waals surface area contributed by atoms with E-state index < -0.39 is 0 Å². The van der Waals surface area contributed by atoms with Gasteiger partial charge in [-0.25, -0.2) is 0 Å². The summed E-state index contributed by atoms with van der Waals surface area (Å²) in [6.45, 7) is 7.09. The number of amides is 1. The van der Waals surface area contributed by atoms with Crippen LogP contribution in [-0.2, 0) is 4.79 Å². The second-order valence-corrected chi connectivity index (χ2v) is 6.69. The van der Waals surface area contributed by atoms with Gasteiger partial charge in [-0.05, 0) is 42.6 Å². The Kier molecular flexibility index (Phi) is 7.32. The van der Waals surface area contributed by atoms with Gasteiger partial charge >= 0.3 is 0 Å². The van der Waals surface area contributed by atoms with Gasteiger partial charge in [0.1, 0.15) is 5.75 Å². The summed E-state index contributed by atoms with van der Waals surface area (Å²) in [5.41, 5.74) is 7.05.